The van der Waals surface area contributed by atoms with E-state index in [1.807, 2.05) is 11.0 Å². The van der Waals surface area contributed by atoms with Gasteiger partial charge in [-0.05, 0) is 31.0 Å². The summed E-state index contributed by atoms with van der Waals surface area (Å²) in [6, 6.07) is 4.56. The fraction of sp³-hybridized carbons (Fsp3) is 0.350. The van der Waals surface area contributed by atoms with Crippen LogP contribution in [0.4, 0.5) is 14.6 Å². The molecule has 0 radical (unpaired) electrons. The van der Waals surface area contributed by atoms with Crippen molar-refractivity contribution in [2.24, 2.45) is 11.0 Å². The third kappa shape index (κ3) is 3.78. The summed E-state index contributed by atoms with van der Waals surface area (Å²) in [7, 11) is 0. The van der Waals surface area contributed by atoms with Crippen LogP contribution in [0.5, 0.6) is 0 Å². The monoisotopic (exact) mass is 396 g/mol. The summed E-state index contributed by atoms with van der Waals surface area (Å²) in [4.78, 5) is 23.3. The summed E-state index contributed by atoms with van der Waals surface area (Å²) in [5.74, 6) is -0.870. The molecule has 29 heavy (non-hydrogen) atoms. The Balaban J connectivity index is 1.43. The number of hydrogen-bond acceptors (Lipinski definition) is 6. The smallest absolute Gasteiger partial charge is 0.246 e. The molecule has 1 amide bonds. The summed E-state index contributed by atoms with van der Waals surface area (Å²) in [6.07, 6.45) is 6.06. The van der Waals surface area contributed by atoms with Gasteiger partial charge in [0.2, 0.25) is 5.91 Å². The number of carbonyl (C=O) groups excluding carboxylic acids is 1. The molecule has 7 nitrogen and oxygen atoms in total. The van der Waals surface area contributed by atoms with Gasteiger partial charge in [-0.1, -0.05) is 0 Å². The zero-order valence-corrected chi connectivity index (χ0v) is 15.5. The Labute approximate surface area is 166 Å². The summed E-state index contributed by atoms with van der Waals surface area (Å²) in [5.41, 5.74) is 0.391. The SMILES string of the molecule is N#Cc1cnc(N2CCC(C(=O)N3N=CCC3c3cc(F)ccc3F)CC2)cn1. The van der Waals surface area contributed by atoms with E-state index in [1.165, 1.54) is 11.2 Å². The number of carbonyl (C=O) groups is 1. The van der Waals surface area contributed by atoms with Gasteiger partial charge in [-0.2, -0.15) is 10.4 Å². The van der Waals surface area contributed by atoms with Gasteiger partial charge in [0.1, 0.15) is 23.5 Å². The number of hydrogen-bond donors (Lipinski definition) is 0. The van der Waals surface area contributed by atoms with Crippen LogP contribution in [-0.2, 0) is 4.79 Å². The Hall–Kier alpha value is -3.41. The molecule has 4 rings (SSSR count). The molecule has 3 heterocycles. The second-order valence-electron chi connectivity index (χ2n) is 7.03. The van der Waals surface area contributed by atoms with Gasteiger partial charge in [0.15, 0.2) is 5.69 Å². The largest absolute Gasteiger partial charge is 0.355 e. The van der Waals surface area contributed by atoms with Crippen LogP contribution in [0.1, 0.15) is 36.6 Å². The predicted octanol–water partition coefficient (Wildman–Crippen LogP) is 2.80. The lowest BCUT2D eigenvalue weighted by Crippen LogP contribution is -2.41. The Morgan fingerprint density at radius 2 is 1.97 bits per heavy atom. The van der Waals surface area contributed by atoms with E-state index in [4.69, 9.17) is 5.26 Å². The van der Waals surface area contributed by atoms with Crippen molar-refractivity contribution in [2.75, 3.05) is 18.0 Å². The molecule has 0 bridgehead atoms. The molecule has 1 unspecified atom stereocenters. The number of amides is 1. The van der Waals surface area contributed by atoms with Gasteiger partial charge in [-0.15, -0.1) is 0 Å². The van der Waals surface area contributed by atoms with Crippen LogP contribution in [0, 0.1) is 28.9 Å². The van der Waals surface area contributed by atoms with Crippen LogP contribution in [0.25, 0.3) is 0 Å². The van der Waals surface area contributed by atoms with E-state index in [0.717, 1.165) is 18.2 Å². The Morgan fingerprint density at radius 3 is 2.66 bits per heavy atom. The standard InChI is InChI=1S/C20H18F2N6O/c21-14-1-2-17(22)16(9-14)18-3-6-26-28(18)20(29)13-4-7-27(8-5-13)19-12-24-15(10-23)11-25-19/h1-2,6,9,11-13,18H,3-5,7-8H2. The van der Waals surface area contributed by atoms with Crippen LogP contribution >= 0.6 is 0 Å². The maximum atomic E-state index is 14.2. The molecule has 0 saturated carbocycles. The van der Waals surface area contributed by atoms with Crippen LogP contribution in [0.2, 0.25) is 0 Å². The quantitative estimate of drug-likeness (QED) is 0.796. The van der Waals surface area contributed by atoms with E-state index in [0.29, 0.717) is 38.2 Å². The van der Waals surface area contributed by atoms with Gasteiger partial charge in [-0.3, -0.25) is 4.79 Å². The van der Waals surface area contributed by atoms with E-state index in [2.05, 4.69) is 15.1 Å². The summed E-state index contributed by atoms with van der Waals surface area (Å²) >= 11 is 0. The molecular weight excluding hydrogens is 378 g/mol. The zero-order valence-electron chi connectivity index (χ0n) is 15.5. The zero-order chi connectivity index (χ0) is 20.4. The second-order valence-corrected chi connectivity index (χ2v) is 7.03. The first-order valence-corrected chi connectivity index (χ1v) is 9.34. The van der Waals surface area contributed by atoms with Crippen molar-refractivity contribution in [2.45, 2.75) is 25.3 Å². The highest BCUT2D eigenvalue weighted by atomic mass is 19.1. The normalized spacial score (nSPS) is 19.4. The van der Waals surface area contributed by atoms with Crippen molar-refractivity contribution in [1.82, 2.24) is 15.0 Å². The van der Waals surface area contributed by atoms with Gasteiger partial charge in [0, 0.05) is 37.2 Å². The topological polar surface area (TPSA) is 85.5 Å². The van der Waals surface area contributed by atoms with Gasteiger partial charge in [0.25, 0.3) is 0 Å². The number of piperidine rings is 1. The van der Waals surface area contributed by atoms with Gasteiger partial charge in [0.05, 0.1) is 18.4 Å². The van der Waals surface area contributed by atoms with Crippen molar-refractivity contribution in [1.29, 1.82) is 5.26 Å². The lowest BCUT2D eigenvalue weighted by Gasteiger charge is -2.34. The van der Waals surface area contributed by atoms with Crippen LogP contribution < -0.4 is 4.90 Å². The average molecular weight is 396 g/mol. The van der Waals surface area contributed by atoms with Gasteiger partial charge < -0.3 is 4.90 Å². The first-order chi connectivity index (χ1) is 14.1. The van der Waals surface area contributed by atoms with E-state index in [-0.39, 0.29) is 23.1 Å². The average Bonchev–Trinajstić information content (AvgIpc) is 3.25. The lowest BCUT2D eigenvalue weighted by molar-refractivity contribution is -0.138. The molecule has 9 heteroatoms. The molecule has 2 aliphatic rings. The number of rotatable bonds is 3. The molecular formula is C20H18F2N6O. The van der Waals surface area contributed by atoms with Crippen molar-refractivity contribution in [3.63, 3.8) is 0 Å². The van der Waals surface area contributed by atoms with E-state index >= 15 is 0 Å². The summed E-state index contributed by atoms with van der Waals surface area (Å²) in [5, 5.41) is 14.2. The number of nitrogens with zero attached hydrogens (tertiary/aromatic N) is 6. The molecule has 1 atom stereocenters. The third-order valence-corrected chi connectivity index (χ3v) is 5.29. The highest BCUT2D eigenvalue weighted by Crippen LogP contribution is 2.33. The van der Waals surface area contributed by atoms with E-state index < -0.39 is 17.7 Å². The first kappa shape index (κ1) is 18.9. The minimum absolute atomic E-state index is 0.140. The molecule has 2 aliphatic heterocycles. The highest BCUT2D eigenvalue weighted by Gasteiger charge is 2.36. The van der Waals surface area contributed by atoms with Crippen LogP contribution in [-0.4, -0.2) is 40.2 Å². The number of nitriles is 1. The molecule has 0 spiro atoms. The Bertz CT molecular complexity index is 979. The third-order valence-electron chi connectivity index (χ3n) is 5.29. The summed E-state index contributed by atoms with van der Waals surface area (Å²) in [6.45, 7) is 1.21. The molecule has 1 aromatic carbocycles. The van der Waals surface area contributed by atoms with Crippen molar-refractivity contribution < 1.29 is 13.6 Å². The minimum atomic E-state index is -0.624. The molecule has 1 aromatic heterocycles. The number of hydrazone groups is 1. The van der Waals surface area contributed by atoms with E-state index in [1.54, 1.807) is 12.4 Å². The second kappa shape index (κ2) is 7.91. The molecule has 0 N–H and O–H groups in total. The number of benzene rings is 1. The minimum Gasteiger partial charge on any atom is -0.355 e. The van der Waals surface area contributed by atoms with Gasteiger partial charge in [-0.25, -0.2) is 23.8 Å². The van der Waals surface area contributed by atoms with E-state index in [9.17, 15) is 13.6 Å². The van der Waals surface area contributed by atoms with Gasteiger partial charge >= 0.3 is 0 Å². The molecule has 148 valence electrons. The summed E-state index contributed by atoms with van der Waals surface area (Å²) < 4.78 is 27.8. The fourth-order valence-electron chi connectivity index (χ4n) is 3.74. The lowest BCUT2D eigenvalue weighted by atomic mass is 9.94. The number of anilines is 1. The Morgan fingerprint density at radius 1 is 1.17 bits per heavy atom. The maximum Gasteiger partial charge on any atom is 0.246 e. The number of halogens is 2. The molecule has 0 aliphatic carbocycles. The van der Waals surface area contributed by atoms with Crippen molar-refractivity contribution in [3.05, 3.63) is 53.5 Å². The van der Waals surface area contributed by atoms with Crippen LogP contribution in [0.15, 0.2) is 35.7 Å². The Kier molecular flexibility index (Phi) is 5.16. The van der Waals surface area contributed by atoms with Crippen molar-refractivity contribution in [3.8, 4) is 6.07 Å². The predicted molar refractivity (Wildman–Crippen MR) is 101 cm³/mol. The molecule has 1 fully saturated rings. The molecule has 2 aromatic rings. The molecule has 1 saturated heterocycles. The fourth-order valence-corrected chi connectivity index (χ4v) is 3.74. The first-order valence-electron chi connectivity index (χ1n) is 9.34. The highest BCUT2D eigenvalue weighted by molar-refractivity contribution is 5.82. The van der Waals surface area contributed by atoms with Crippen LogP contribution in [0.3, 0.4) is 0 Å². The number of aromatic nitrogens is 2. The van der Waals surface area contributed by atoms with Crippen molar-refractivity contribution >= 4 is 17.9 Å². The maximum absolute atomic E-state index is 14.2.